The Morgan fingerprint density at radius 3 is 2.61 bits per heavy atom. The van der Waals surface area contributed by atoms with Crippen LogP contribution in [-0.4, -0.2) is 7.11 Å². The fourth-order valence-electron chi connectivity index (χ4n) is 2.09. The van der Waals surface area contributed by atoms with Crippen molar-refractivity contribution in [3.05, 3.63) is 65.2 Å². The second-order valence-electron chi connectivity index (χ2n) is 4.23. The van der Waals surface area contributed by atoms with Crippen molar-refractivity contribution in [1.29, 1.82) is 0 Å². The SMILES string of the molecule is COc1ccc(/C=C2\OCc3ccccc32)cc1. The van der Waals surface area contributed by atoms with Crippen LogP contribution in [0.5, 0.6) is 5.75 Å². The highest BCUT2D eigenvalue weighted by atomic mass is 16.5. The van der Waals surface area contributed by atoms with Gasteiger partial charge >= 0.3 is 0 Å². The predicted molar refractivity (Wildman–Crippen MR) is 72.1 cm³/mol. The molecule has 0 fully saturated rings. The standard InChI is InChI=1S/C16H14O2/c1-17-14-8-6-12(7-9-14)10-16-15-5-3-2-4-13(15)11-18-16/h2-10H,11H2,1H3/b16-10-. The highest BCUT2D eigenvalue weighted by Crippen LogP contribution is 2.31. The molecule has 0 unspecified atom stereocenters. The summed E-state index contributed by atoms with van der Waals surface area (Å²) in [5, 5.41) is 0. The Labute approximate surface area is 106 Å². The zero-order valence-corrected chi connectivity index (χ0v) is 10.2. The molecule has 2 nitrogen and oxygen atoms in total. The van der Waals surface area contributed by atoms with E-state index < -0.39 is 0 Å². The molecule has 0 saturated heterocycles. The van der Waals surface area contributed by atoms with Crippen molar-refractivity contribution in [2.75, 3.05) is 7.11 Å². The summed E-state index contributed by atoms with van der Waals surface area (Å²) in [5.74, 6) is 1.81. The molecule has 0 atom stereocenters. The summed E-state index contributed by atoms with van der Waals surface area (Å²) in [6, 6.07) is 16.2. The van der Waals surface area contributed by atoms with Crippen LogP contribution in [0.1, 0.15) is 16.7 Å². The van der Waals surface area contributed by atoms with Gasteiger partial charge in [0.2, 0.25) is 0 Å². The zero-order valence-electron chi connectivity index (χ0n) is 10.2. The number of fused-ring (bicyclic) bond motifs is 1. The maximum absolute atomic E-state index is 5.71. The van der Waals surface area contributed by atoms with E-state index in [0.717, 1.165) is 17.1 Å². The highest BCUT2D eigenvalue weighted by molar-refractivity contribution is 5.80. The van der Waals surface area contributed by atoms with Crippen LogP contribution in [-0.2, 0) is 11.3 Å². The summed E-state index contributed by atoms with van der Waals surface area (Å²) in [4.78, 5) is 0. The molecule has 0 amide bonds. The van der Waals surface area contributed by atoms with Gasteiger partial charge in [-0.1, -0.05) is 36.4 Å². The van der Waals surface area contributed by atoms with Gasteiger partial charge < -0.3 is 9.47 Å². The molecule has 0 N–H and O–H groups in total. The minimum absolute atomic E-state index is 0.665. The average Bonchev–Trinajstić information content (AvgIpc) is 2.83. The quantitative estimate of drug-likeness (QED) is 0.793. The third-order valence-corrected chi connectivity index (χ3v) is 3.08. The maximum Gasteiger partial charge on any atom is 0.128 e. The van der Waals surface area contributed by atoms with Gasteiger partial charge in [-0.3, -0.25) is 0 Å². The van der Waals surface area contributed by atoms with Crippen LogP contribution >= 0.6 is 0 Å². The van der Waals surface area contributed by atoms with E-state index in [9.17, 15) is 0 Å². The van der Waals surface area contributed by atoms with E-state index in [1.54, 1.807) is 7.11 Å². The lowest BCUT2D eigenvalue weighted by Gasteiger charge is -2.02. The van der Waals surface area contributed by atoms with E-state index in [0.29, 0.717) is 6.61 Å². The van der Waals surface area contributed by atoms with Crippen molar-refractivity contribution in [2.24, 2.45) is 0 Å². The van der Waals surface area contributed by atoms with Crippen molar-refractivity contribution >= 4 is 11.8 Å². The minimum Gasteiger partial charge on any atom is -0.497 e. The molecule has 0 spiro atoms. The van der Waals surface area contributed by atoms with Crippen LogP contribution in [0.3, 0.4) is 0 Å². The molecule has 1 aliphatic heterocycles. The first-order valence-corrected chi connectivity index (χ1v) is 5.93. The Bertz CT molecular complexity index is 582. The monoisotopic (exact) mass is 238 g/mol. The molecule has 18 heavy (non-hydrogen) atoms. The lowest BCUT2D eigenvalue weighted by molar-refractivity contribution is 0.287. The normalized spacial score (nSPS) is 15.3. The fourth-order valence-corrected chi connectivity index (χ4v) is 2.09. The zero-order chi connectivity index (χ0) is 12.4. The van der Waals surface area contributed by atoms with Gasteiger partial charge in [0.15, 0.2) is 0 Å². The van der Waals surface area contributed by atoms with Crippen LogP contribution in [0, 0.1) is 0 Å². The lowest BCUT2D eigenvalue weighted by atomic mass is 10.1. The molecule has 0 aromatic heterocycles. The van der Waals surface area contributed by atoms with Gasteiger partial charge in [0.25, 0.3) is 0 Å². The summed E-state index contributed by atoms with van der Waals surface area (Å²) in [6.45, 7) is 0.665. The van der Waals surface area contributed by atoms with E-state index in [1.807, 2.05) is 36.4 Å². The van der Waals surface area contributed by atoms with Crippen molar-refractivity contribution in [2.45, 2.75) is 6.61 Å². The van der Waals surface area contributed by atoms with E-state index in [1.165, 1.54) is 11.1 Å². The van der Waals surface area contributed by atoms with Gasteiger partial charge in [0.1, 0.15) is 18.1 Å². The topological polar surface area (TPSA) is 18.5 Å². The molecule has 90 valence electrons. The fraction of sp³-hybridized carbons (Fsp3) is 0.125. The Hall–Kier alpha value is -2.22. The number of methoxy groups -OCH3 is 1. The van der Waals surface area contributed by atoms with Gasteiger partial charge in [-0.05, 0) is 23.8 Å². The van der Waals surface area contributed by atoms with Crippen molar-refractivity contribution in [1.82, 2.24) is 0 Å². The first kappa shape index (κ1) is 10.9. The van der Waals surface area contributed by atoms with E-state index in [-0.39, 0.29) is 0 Å². The predicted octanol–water partition coefficient (Wildman–Crippen LogP) is 3.72. The average molecular weight is 238 g/mol. The molecule has 1 aliphatic rings. The molecule has 0 saturated carbocycles. The van der Waals surface area contributed by atoms with Crippen molar-refractivity contribution in [3.8, 4) is 5.75 Å². The second kappa shape index (κ2) is 4.57. The molecule has 1 heterocycles. The first-order valence-electron chi connectivity index (χ1n) is 5.93. The maximum atomic E-state index is 5.71. The lowest BCUT2D eigenvalue weighted by Crippen LogP contribution is -1.83. The van der Waals surface area contributed by atoms with Crippen molar-refractivity contribution < 1.29 is 9.47 Å². The minimum atomic E-state index is 0.665. The van der Waals surface area contributed by atoms with E-state index in [4.69, 9.17) is 9.47 Å². The summed E-state index contributed by atoms with van der Waals surface area (Å²) in [6.07, 6.45) is 2.06. The molecule has 0 radical (unpaired) electrons. The van der Waals surface area contributed by atoms with Crippen LogP contribution in [0.2, 0.25) is 0 Å². The second-order valence-corrected chi connectivity index (χ2v) is 4.23. The number of benzene rings is 2. The molecular weight excluding hydrogens is 224 g/mol. The summed E-state index contributed by atoms with van der Waals surface area (Å²) in [7, 11) is 1.67. The number of hydrogen-bond donors (Lipinski definition) is 0. The van der Waals surface area contributed by atoms with Gasteiger partial charge in [-0.15, -0.1) is 0 Å². The molecule has 0 bridgehead atoms. The van der Waals surface area contributed by atoms with Gasteiger partial charge in [-0.2, -0.15) is 0 Å². The molecule has 2 aromatic rings. The summed E-state index contributed by atoms with van der Waals surface area (Å²) >= 11 is 0. The molecule has 2 aromatic carbocycles. The Kier molecular flexibility index (Phi) is 2.77. The van der Waals surface area contributed by atoms with Crippen LogP contribution in [0.25, 0.3) is 11.8 Å². The molecular formula is C16H14O2. The number of rotatable bonds is 2. The molecule has 0 aliphatic carbocycles. The Morgan fingerprint density at radius 2 is 1.83 bits per heavy atom. The van der Waals surface area contributed by atoms with Gasteiger partial charge in [0.05, 0.1) is 7.11 Å². The van der Waals surface area contributed by atoms with Crippen molar-refractivity contribution in [3.63, 3.8) is 0 Å². The van der Waals surface area contributed by atoms with Crippen LogP contribution in [0.4, 0.5) is 0 Å². The molecule has 3 rings (SSSR count). The first-order chi connectivity index (χ1) is 8.86. The third-order valence-electron chi connectivity index (χ3n) is 3.08. The number of ether oxygens (including phenoxy) is 2. The summed E-state index contributed by atoms with van der Waals surface area (Å²) in [5.41, 5.74) is 3.55. The smallest absolute Gasteiger partial charge is 0.128 e. The van der Waals surface area contributed by atoms with Gasteiger partial charge in [-0.25, -0.2) is 0 Å². The van der Waals surface area contributed by atoms with E-state index >= 15 is 0 Å². The van der Waals surface area contributed by atoms with Crippen LogP contribution < -0.4 is 4.74 Å². The molecule has 2 heteroatoms. The third kappa shape index (κ3) is 1.97. The van der Waals surface area contributed by atoms with Gasteiger partial charge in [0, 0.05) is 11.1 Å². The van der Waals surface area contributed by atoms with E-state index in [2.05, 4.69) is 18.2 Å². The Balaban J connectivity index is 1.93. The summed E-state index contributed by atoms with van der Waals surface area (Å²) < 4.78 is 10.9. The highest BCUT2D eigenvalue weighted by Gasteiger charge is 2.16. The number of hydrogen-bond acceptors (Lipinski definition) is 2. The van der Waals surface area contributed by atoms with Crippen LogP contribution in [0.15, 0.2) is 48.5 Å². The largest absolute Gasteiger partial charge is 0.497 e. The Morgan fingerprint density at radius 1 is 1.06 bits per heavy atom.